The fourth-order valence-corrected chi connectivity index (χ4v) is 4.22. The van der Waals surface area contributed by atoms with Crippen LogP contribution in [0.5, 0.6) is 0 Å². The zero-order chi connectivity index (χ0) is 20.2. The molecule has 2 heterocycles. The third-order valence-corrected chi connectivity index (χ3v) is 5.74. The van der Waals surface area contributed by atoms with E-state index in [0.717, 1.165) is 10.0 Å². The predicted octanol–water partition coefficient (Wildman–Crippen LogP) is 5.77. The number of nitrogens with one attached hydrogen (secondary N) is 1. The number of halogens is 1. The molecule has 4 aromatic rings. The number of hydrogen-bond acceptors (Lipinski definition) is 5. The Kier molecular flexibility index (Phi) is 5.78. The summed E-state index contributed by atoms with van der Waals surface area (Å²) in [7, 11) is 0. The van der Waals surface area contributed by atoms with Crippen molar-refractivity contribution >= 4 is 43.7 Å². The third kappa shape index (κ3) is 4.11. The maximum absolute atomic E-state index is 13.3. The number of H-pyrrole nitrogens is 1. The first-order chi connectivity index (χ1) is 14.2. The minimum atomic E-state index is -0.0590. The molecule has 5 nitrogen and oxygen atoms in total. The SMILES string of the molecule is C=C/N=C(/SCc1oc2ccc(Br)cc2c(=O)c1-c1ccccc1)c1c[nH]cn1. The summed E-state index contributed by atoms with van der Waals surface area (Å²) in [5.41, 5.74) is 2.58. The van der Waals surface area contributed by atoms with Crippen molar-refractivity contribution in [2.24, 2.45) is 4.99 Å². The number of nitrogens with zero attached hydrogens (tertiary/aromatic N) is 2. The van der Waals surface area contributed by atoms with Gasteiger partial charge in [-0.1, -0.05) is 64.6 Å². The van der Waals surface area contributed by atoms with Crippen LogP contribution in [-0.2, 0) is 5.75 Å². The zero-order valence-corrected chi connectivity index (χ0v) is 17.7. The third-order valence-electron chi connectivity index (χ3n) is 4.25. The number of hydrogen-bond donors (Lipinski definition) is 1. The van der Waals surface area contributed by atoms with Crippen molar-refractivity contribution in [3.05, 3.63) is 100.0 Å². The Hall–Kier alpha value is -2.90. The zero-order valence-electron chi connectivity index (χ0n) is 15.3. The van der Waals surface area contributed by atoms with Gasteiger partial charge >= 0.3 is 0 Å². The average Bonchev–Trinajstić information content (AvgIpc) is 3.27. The van der Waals surface area contributed by atoms with Crippen molar-refractivity contribution in [1.82, 2.24) is 9.97 Å². The maximum Gasteiger partial charge on any atom is 0.200 e. The molecule has 0 aliphatic carbocycles. The lowest BCUT2D eigenvalue weighted by Crippen LogP contribution is -2.09. The Bertz CT molecular complexity index is 1250. The normalized spacial score (nSPS) is 11.7. The molecule has 144 valence electrons. The molecular weight excluding hydrogens is 450 g/mol. The van der Waals surface area contributed by atoms with Crippen LogP contribution < -0.4 is 5.43 Å². The van der Waals surface area contributed by atoms with E-state index in [1.54, 1.807) is 24.7 Å². The summed E-state index contributed by atoms with van der Waals surface area (Å²) >= 11 is 4.88. The molecule has 1 N–H and O–H groups in total. The molecule has 0 saturated heterocycles. The molecule has 4 rings (SSSR count). The van der Waals surface area contributed by atoms with Crippen LogP contribution >= 0.6 is 27.7 Å². The van der Waals surface area contributed by atoms with Gasteiger partial charge in [0, 0.05) is 16.9 Å². The van der Waals surface area contributed by atoms with Crippen molar-refractivity contribution in [3.8, 4) is 11.1 Å². The Morgan fingerprint density at radius 1 is 1.28 bits per heavy atom. The Labute approximate surface area is 179 Å². The topological polar surface area (TPSA) is 71.2 Å². The first kappa shape index (κ1) is 19.4. The molecule has 2 aromatic heterocycles. The number of benzene rings is 2. The van der Waals surface area contributed by atoms with E-state index in [1.807, 2.05) is 36.4 Å². The summed E-state index contributed by atoms with van der Waals surface area (Å²) < 4.78 is 7.01. The molecule has 0 saturated carbocycles. The van der Waals surface area contributed by atoms with Crippen LogP contribution in [0.25, 0.3) is 22.1 Å². The minimum absolute atomic E-state index is 0.0590. The fourth-order valence-electron chi connectivity index (χ4n) is 2.98. The lowest BCUT2D eigenvalue weighted by molar-refractivity contribution is 0.563. The van der Waals surface area contributed by atoms with E-state index in [4.69, 9.17) is 4.42 Å². The summed E-state index contributed by atoms with van der Waals surface area (Å²) in [4.78, 5) is 24.8. The van der Waals surface area contributed by atoms with Gasteiger partial charge in [0.25, 0.3) is 0 Å². The van der Waals surface area contributed by atoms with Gasteiger partial charge in [-0.15, -0.1) is 0 Å². The molecule has 0 radical (unpaired) electrons. The predicted molar refractivity (Wildman–Crippen MR) is 122 cm³/mol. The Morgan fingerprint density at radius 3 is 2.83 bits per heavy atom. The van der Waals surface area contributed by atoms with Crippen LogP contribution in [0.4, 0.5) is 0 Å². The van der Waals surface area contributed by atoms with Gasteiger partial charge < -0.3 is 9.40 Å². The van der Waals surface area contributed by atoms with Crippen LogP contribution in [0, 0.1) is 0 Å². The van der Waals surface area contributed by atoms with Gasteiger partial charge in [0.2, 0.25) is 5.43 Å². The molecule has 0 amide bonds. The summed E-state index contributed by atoms with van der Waals surface area (Å²) in [5, 5.41) is 1.23. The van der Waals surface area contributed by atoms with E-state index in [1.165, 1.54) is 18.0 Å². The fraction of sp³-hybridized carbons (Fsp3) is 0.0455. The monoisotopic (exact) mass is 465 g/mol. The van der Waals surface area contributed by atoms with Gasteiger partial charge in [-0.05, 0) is 23.8 Å². The number of aromatic nitrogens is 2. The lowest BCUT2D eigenvalue weighted by atomic mass is 10.0. The van der Waals surface area contributed by atoms with E-state index >= 15 is 0 Å². The molecule has 29 heavy (non-hydrogen) atoms. The highest BCUT2D eigenvalue weighted by Gasteiger charge is 2.18. The second-order valence-electron chi connectivity index (χ2n) is 6.10. The highest BCUT2D eigenvalue weighted by atomic mass is 79.9. The average molecular weight is 466 g/mol. The molecule has 2 aromatic carbocycles. The molecule has 0 aliphatic rings. The molecular formula is C22H16BrN3O2S. The van der Waals surface area contributed by atoms with E-state index in [-0.39, 0.29) is 5.43 Å². The van der Waals surface area contributed by atoms with E-state index in [0.29, 0.717) is 38.8 Å². The second kappa shape index (κ2) is 8.63. The number of thioether (sulfide) groups is 1. The van der Waals surface area contributed by atoms with Crippen molar-refractivity contribution in [1.29, 1.82) is 0 Å². The summed E-state index contributed by atoms with van der Waals surface area (Å²) in [5.74, 6) is 1.01. The standard InChI is InChI=1S/C22H16BrN3O2S/c1-2-25-22(17-11-24-13-26-17)29-12-19-20(14-6-4-3-5-7-14)21(27)16-10-15(23)8-9-18(16)28-19/h2-11,13H,1,12H2,(H,24,26)/b25-22+. The van der Waals surface area contributed by atoms with Crippen molar-refractivity contribution < 1.29 is 4.42 Å². The Morgan fingerprint density at radius 2 is 2.10 bits per heavy atom. The summed E-state index contributed by atoms with van der Waals surface area (Å²) in [6.07, 6.45) is 4.84. The minimum Gasteiger partial charge on any atom is -0.459 e. The van der Waals surface area contributed by atoms with E-state index in [2.05, 4.69) is 37.5 Å². The molecule has 0 aliphatic heterocycles. The van der Waals surface area contributed by atoms with Crippen LogP contribution in [0.1, 0.15) is 11.5 Å². The van der Waals surface area contributed by atoms with Crippen LogP contribution in [0.15, 0.2) is 92.5 Å². The smallest absolute Gasteiger partial charge is 0.200 e. The molecule has 7 heteroatoms. The lowest BCUT2D eigenvalue weighted by Gasteiger charge is -2.11. The maximum atomic E-state index is 13.3. The summed E-state index contributed by atoms with van der Waals surface area (Å²) in [6.45, 7) is 3.68. The van der Waals surface area contributed by atoms with Gasteiger partial charge in [-0.3, -0.25) is 4.79 Å². The van der Waals surface area contributed by atoms with Crippen molar-refractivity contribution in [2.75, 3.05) is 0 Å². The van der Waals surface area contributed by atoms with Crippen LogP contribution in [0.2, 0.25) is 0 Å². The Balaban J connectivity index is 1.82. The molecule has 0 bridgehead atoms. The molecule has 0 atom stereocenters. The molecule has 0 spiro atoms. The second-order valence-corrected chi connectivity index (χ2v) is 7.98. The number of aliphatic imine (C=N–C) groups is 1. The number of imidazole rings is 1. The first-order valence-corrected chi connectivity index (χ1v) is 10.6. The quantitative estimate of drug-likeness (QED) is 0.300. The van der Waals surface area contributed by atoms with Crippen molar-refractivity contribution in [2.45, 2.75) is 5.75 Å². The number of fused-ring (bicyclic) bond motifs is 1. The number of rotatable bonds is 5. The van der Waals surface area contributed by atoms with E-state index < -0.39 is 0 Å². The highest BCUT2D eigenvalue weighted by Crippen LogP contribution is 2.29. The van der Waals surface area contributed by atoms with Crippen LogP contribution in [0.3, 0.4) is 0 Å². The van der Waals surface area contributed by atoms with E-state index in [9.17, 15) is 4.79 Å². The largest absolute Gasteiger partial charge is 0.459 e. The van der Waals surface area contributed by atoms with Gasteiger partial charge in [0.1, 0.15) is 22.1 Å². The number of aromatic amines is 1. The van der Waals surface area contributed by atoms with Crippen LogP contribution in [-0.4, -0.2) is 15.0 Å². The summed E-state index contributed by atoms with van der Waals surface area (Å²) in [6, 6.07) is 15.0. The van der Waals surface area contributed by atoms with Gasteiger partial charge in [-0.25, -0.2) is 9.98 Å². The first-order valence-electron chi connectivity index (χ1n) is 8.78. The van der Waals surface area contributed by atoms with Gasteiger partial charge in [0.05, 0.1) is 23.0 Å². The molecule has 0 fully saturated rings. The highest BCUT2D eigenvalue weighted by molar-refractivity contribution is 9.10. The van der Waals surface area contributed by atoms with Crippen molar-refractivity contribution in [3.63, 3.8) is 0 Å². The molecule has 0 unspecified atom stereocenters. The van der Waals surface area contributed by atoms with Gasteiger partial charge in [0.15, 0.2) is 0 Å². The van der Waals surface area contributed by atoms with Gasteiger partial charge in [-0.2, -0.15) is 0 Å².